The predicted octanol–water partition coefficient (Wildman–Crippen LogP) is 0.145. The lowest BCUT2D eigenvalue weighted by atomic mass is 9.41. The highest BCUT2D eigenvalue weighted by Gasteiger charge is 2.74. The Labute approximate surface area is 265 Å². The first-order valence-electron chi connectivity index (χ1n) is 16.2. The van der Waals surface area contributed by atoms with Crippen molar-refractivity contribution < 1.29 is 62.4 Å². The van der Waals surface area contributed by atoms with Gasteiger partial charge in [-0.1, -0.05) is 39.8 Å². The minimum atomic E-state index is -5.01. The first-order valence-corrected chi connectivity index (χ1v) is 17.6. The van der Waals surface area contributed by atoms with Crippen LogP contribution < -0.4 is 0 Å². The Morgan fingerprint density at radius 1 is 0.978 bits per heavy atom. The molecule has 4 saturated carbocycles. The molecule has 45 heavy (non-hydrogen) atoms. The molecule has 4 aliphatic carbocycles. The third kappa shape index (κ3) is 6.05. The molecule has 0 radical (unpaired) electrons. The molecule has 8 N–H and O–H groups in total. The predicted molar refractivity (Wildman–Crippen MR) is 158 cm³/mol. The van der Waals surface area contributed by atoms with E-state index in [4.69, 9.17) is 13.7 Å². The van der Waals surface area contributed by atoms with Gasteiger partial charge in [-0.25, -0.2) is 4.18 Å². The molecular formula is C31H52O13S. The molecule has 0 aromatic heterocycles. The van der Waals surface area contributed by atoms with Crippen LogP contribution in [0.1, 0.15) is 66.2 Å². The molecule has 5 aliphatic rings. The van der Waals surface area contributed by atoms with Gasteiger partial charge in [-0.05, 0) is 78.9 Å². The van der Waals surface area contributed by atoms with E-state index >= 15 is 0 Å². The van der Waals surface area contributed by atoms with Crippen molar-refractivity contribution in [3.05, 3.63) is 12.2 Å². The number of aliphatic hydroxyl groups excluding tert-OH is 6. The molecule has 0 aromatic rings. The summed E-state index contributed by atoms with van der Waals surface area (Å²) in [5.74, 6) is -2.21. The summed E-state index contributed by atoms with van der Waals surface area (Å²) in [6.07, 6.45) is -2.86. The zero-order valence-electron chi connectivity index (χ0n) is 26.4. The van der Waals surface area contributed by atoms with Crippen LogP contribution in [0.2, 0.25) is 0 Å². The van der Waals surface area contributed by atoms with Crippen molar-refractivity contribution in [1.82, 2.24) is 0 Å². The van der Waals surface area contributed by atoms with Crippen molar-refractivity contribution in [2.75, 3.05) is 13.2 Å². The lowest BCUT2D eigenvalue weighted by molar-refractivity contribution is -0.305. The highest BCUT2D eigenvalue weighted by Crippen LogP contribution is 2.70. The highest BCUT2D eigenvalue weighted by atomic mass is 32.3. The molecule has 13 nitrogen and oxygen atoms in total. The summed E-state index contributed by atoms with van der Waals surface area (Å²) in [5, 5.41) is 75.9. The molecular weight excluding hydrogens is 612 g/mol. The van der Waals surface area contributed by atoms with Crippen molar-refractivity contribution in [2.45, 2.75) is 121 Å². The summed E-state index contributed by atoms with van der Waals surface area (Å²) >= 11 is 0. The molecule has 1 heterocycles. The first kappa shape index (κ1) is 35.6. The number of rotatable bonds is 9. The van der Waals surface area contributed by atoms with E-state index in [1.807, 2.05) is 39.8 Å². The number of hydrogen-bond donors (Lipinski definition) is 8. The van der Waals surface area contributed by atoms with Gasteiger partial charge in [-0.2, -0.15) is 8.42 Å². The SMILES string of the molecule is CC(/C=C/[C@@H](C)[C@H]1C[C@@H](O)[C@@H]2[C@]1(C)CC[C@@H]1[C@@]3(C)CC[C@H](O)C[C@@H]3[C@@H](OS(=O)(=O)O)[C@@H](O)[C@]12O)CO[C@@H]1O[C@@H](CO)[C@H](O)[C@H]1O. The van der Waals surface area contributed by atoms with Gasteiger partial charge in [0.2, 0.25) is 0 Å². The van der Waals surface area contributed by atoms with Crippen LogP contribution in [0.25, 0.3) is 0 Å². The third-order valence-electron chi connectivity index (χ3n) is 12.5. The molecule has 0 spiro atoms. The van der Waals surface area contributed by atoms with E-state index in [2.05, 4.69) is 0 Å². The molecule has 1 saturated heterocycles. The van der Waals surface area contributed by atoms with Gasteiger partial charge in [0.1, 0.15) is 36.1 Å². The summed E-state index contributed by atoms with van der Waals surface area (Å²) in [7, 11) is -5.01. The van der Waals surface area contributed by atoms with E-state index in [1.165, 1.54) is 0 Å². The lowest BCUT2D eigenvalue weighted by Gasteiger charge is -2.67. The second kappa shape index (κ2) is 12.6. The summed E-state index contributed by atoms with van der Waals surface area (Å²) in [4.78, 5) is 0. The summed E-state index contributed by atoms with van der Waals surface area (Å²) < 4.78 is 49.7. The minimum Gasteiger partial charge on any atom is -0.394 e. The average Bonchev–Trinajstić information content (AvgIpc) is 3.40. The Hall–Kier alpha value is -0.750. The van der Waals surface area contributed by atoms with Crippen molar-refractivity contribution in [1.29, 1.82) is 0 Å². The largest absolute Gasteiger partial charge is 0.397 e. The van der Waals surface area contributed by atoms with Gasteiger partial charge in [0.15, 0.2) is 6.29 Å². The molecule has 0 aromatic carbocycles. The number of allylic oxidation sites excluding steroid dienone is 1. The fraction of sp³-hybridized carbons (Fsp3) is 0.935. The normalized spacial score (nSPS) is 51.5. The third-order valence-corrected chi connectivity index (χ3v) is 12.9. The number of hydrogen-bond acceptors (Lipinski definition) is 12. The van der Waals surface area contributed by atoms with Crippen LogP contribution in [-0.4, -0.2) is 117 Å². The zero-order chi connectivity index (χ0) is 33.3. The standard InChI is InChI=1S/C31H52O13S/c1-15(14-42-28-24(36)23(35)21(13-32)43-28)5-6-16(2)18-12-20(34)26-30(18,4)10-8-22-29(3)9-7-17(33)11-19(29)25(44-45(39,40)41)27(37)31(22,26)38/h5-6,15-28,32-38H,7-14H2,1-4H3,(H,39,40,41)/b6-5+/t15?,16-,17+,18-,19-,20-,21+,22-,23+,24-,25-,26-,27-,28-,29+,30-,31+/m1/s1. The second-order valence-corrected chi connectivity index (χ2v) is 16.2. The number of aliphatic hydroxyl groups is 7. The van der Waals surface area contributed by atoms with Crippen LogP contribution in [0, 0.1) is 46.3 Å². The van der Waals surface area contributed by atoms with E-state index in [9.17, 15) is 48.7 Å². The smallest absolute Gasteiger partial charge is 0.394 e. The quantitative estimate of drug-likeness (QED) is 0.122. The molecule has 5 rings (SSSR count). The number of fused-ring (bicyclic) bond motifs is 5. The van der Waals surface area contributed by atoms with Gasteiger partial charge < -0.3 is 45.2 Å². The molecule has 1 aliphatic heterocycles. The van der Waals surface area contributed by atoms with Gasteiger partial charge in [-0.3, -0.25) is 4.55 Å². The van der Waals surface area contributed by atoms with Gasteiger partial charge >= 0.3 is 10.4 Å². The average molecular weight is 665 g/mol. The van der Waals surface area contributed by atoms with Crippen LogP contribution in [0.5, 0.6) is 0 Å². The first-order chi connectivity index (χ1) is 20.9. The summed E-state index contributed by atoms with van der Waals surface area (Å²) in [5.41, 5.74) is -3.26. The van der Waals surface area contributed by atoms with E-state index in [1.54, 1.807) is 0 Å². The Balaban J connectivity index is 1.35. The molecule has 14 heteroatoms. The van der Waals surface area contributed by atoms with Crippen LogP contribution in [0.4, 0.5) is 0 Å². The van der Waals surface area contributed by atoms with Crippen LogP contribution in [0.3, 0.4) is 0 Å². The Morgan fingerprint density at radius 2 is 1.64 bits per heavy atom. The molecule has 1 unspecified atom stereocenters. The maximum absolute atomic E-state index is 12.6. The number of ether oxygens (including phenoxy) is 2. The topological polar surface area (TPSA) is 224 Å². The van der Waals surface area contributed by atoms with E-state index < -0.39 is 100 Å². The van der Waals surface area contributed by atoms with E-state index in [-0.39, 0.29) is 30.8 Å². The zero-order valence-corrected chi connectivity index (χ0v) is 27.2. The van der Waals surface area contributed by atoms with E-state index in [0.29, 0.717) is 32.1 Å². The summed E-state index contributed by atoms with van der Waals surface area (Å²) in [6, 6.07) is 0. The monoisotopic (exact) mass is 664 g/mol. The van der Waals surface area contributed by atoms with Crippen molar-refractivity contribution in [3.63, 3.8) is 0 Å². The Morgan fingerprint density at radius 3 is 2.27 bits per heavy atom. The van der Waals surface area contributed by atoms with E-state index in [0.717, 1.165) is 0 Å². The van der Waals surface area contributed by atoms with Crippen LogP contribution >= 0.6 is 0 Å². The Bertz CT molecular complexity index is 1200. The van der Waals surface area contributed by atoms with Crippen LogP contribution in [-0.2, 0) is 24.1 Å². The molecule has 260 valence electrons. The summed E-state index contributed by atoms with van der Waals surface area (Å²) in [6.45, 7) is 7.62. The maximum Gasteiger partial charge on any atom is 0.397 e. The molecule has 5 fully saturated rings. The second-order valence-electron chi connectivity index (χ2n) is 15.1. The Kier molecular flexibility index (Phi) is 9.96. The fourth-order valence-corrected chi connectivity index (χ4v) is 10.8. The molecule has 0 bridgehead atoms. The van der Waals surface area contributed by atoms with Gasteiger partial charge in [0.25, 0.3) is 0 Å². The van der Waals surface area contributed by atoms with Crippen LogP contribution in [0.15, 0.2) is 12.2 Å². The maximum atomic E-state index is 12.6. The van der Waals surface area contributed by atoms with Gasteiger partial charge in [0.05, 0.1) is 25.4 Å². The lowest BCUT2D eigenvalue weighted by Crippen LogP contribution is -2.75. The van der Waals surface area contributed by atoms with Gasteiger partial charge in [-0.15, -0.1) is 0 Å². The fourth-order valence-electron chi connectivity index (χ4n) is 10.3. The van der Waals surface area contributed by atoms with Gasteiger partial charge in [0, 0.05) is 5.92 Å². The molecule has 17 atom stereocenters. The highest BCUT2D eigenvalue weighted by molar-refractivity contribution is 7.80. The van der Waals surface area contributed by atoms with Crippen molar-refractivity contribution >= 4 is 10.4 Å². The molecule has 0 amide bonds. The minimum absolute atomic E-state index is 0.0649. The van der Waals surface area contributed by atoms with Crippen molar-refractivity contribution in [2.24, 2.45) is 46.3 Å². The van der Waals surface area contributed by atoms with Crippen molar-refractivity contribution in [3.8, 4) is 0 Å².